The van der Waals surface area contributed by atoms with Crippen LogP contribution in [-0.2, 0) is 4.74 Å². The van der Waals surface area contributed by atoms with E-state index in [0.717, 1.165) is 43.0 Å². The van der Waals surface area contributed by atoms with Crippen LogP contribution in [0, 0.1) is 0 Å². The first kappa shape index (κ1) is 10.7. The number of hydrogen-bond acceptors (Lipinski definition) is 4. The SMILES string of the molecule is Nc1cc(Br)cnc1N1CCCOCC1. The van der Waals surface area contributed by atoms with Gasteiger partial charge in [-0.15, -0.1) is 0 Å². The summed E-state index contributed by atoms with van der Waals surface area (Å²) < 4.78 is 6.30. The molecule has 0 saturated carbocycles. The van der Waals surface area contributed by atoms with Crippen molar-refractivity contribution in [3.8, 4) is 0 Å². The first-order valence-corrected chi connectivity index (χ1v) is 5.80. The number of nitrogens with two attached hydrogens (primary N) is 1. The molecule has 82 valence electrons. The van der Waals surface area contributed by atoms with Crippen LogP contribution in [0.1, 0.15) is 6.42 Å². The molecule has 1 fully saturated rings. The maximum atomic E-state index is 5.93. The Balaban J connectivity index is 2.19. The van der Waals surface area contributed by atoms with Gasteiger partial charge in [-0.2, -0.15) is 0 Å². The van der Waals surface area contributed by atoms with Crippen LogP contribution >= 0.6 is 15.9 Å². The van der Waals surface area contributed by atoms with E-state index in [2.05, 4.69) is 25.8 Å². The lowest BCUT2D eigenvalue weighted by molar-refractivity contribution is 0.152. The number of nitrogens with zero attached hydrogens (tertiary/aromatic N) is 2. The number of anilines is 2. The van der Waals surface area contributed by atoms with Crippen LogP contribution in [0.3, 0.4) is 0 Å². The molecule has 0 spiro atoms. The van der Waals surface area contributed by atoms with E-state index in [1.807, 2.05) is 6.07 Å². The molecule has 15 heavy (non-hydrogen) atoms. The molecule has 0 unspecified atom stereocenters. The molecule has 2 heterocycles. The number of hydrogen-bond donors (Lipinski definition) is 1. The zero-order chi connectivity index (χ0) is 10.7. The molecule has 1 aromatic rings. The van der Waals surface area contributed by atoms with E-state index in [4.69, 9.17) is 10.5 Å². The fourth-order valence-electron chi connectivity index (χ4n) is 1.67. The van der Waals surface area contributed by atoms with E-state index in [0.29, 0.717) is 5.69 Å². The third kappa shape index (κ3) is 2.60. The molecule has 1 aliphatic heterocycles. The fourth-order valence-corrected chi connectivity index (χ4v) is 2.02. The Morgan fingerprint density at radius 1 is 1.40 bits per heavy atom. The second-order valence-corrected chi connectivity index (χ2v) is 4.44. The minimum absolute atomic E-state index is 0.714. The van der Waals surface area contributed by atoms with Crippen LogP contribution < -0.4 is 10.6 Å². The largest absolute Gasteiger partial charge is 0.396 e. The fraction of sp³-hybridized carbons (Fsp3) is 0.500. The Morgan fingerprint density at radius 3 is 3.07 bits per heavy atom. The summed E-state index contributed by atoms with van der Waals surface area (Å²) >= 11 is 3.35. The molecule has 1 aromatic heterocycles. The Hall–Kier alpha value is -0.810. The number of rotatable bonds is 1. The third-order valence-electron chi connectivity index (χ3n) is 2.38. The monoisotopic (exact) mass is 271 g/mol. The highest BCUT2D eigenvalue weighted by atomic mass is 79.9. The molecule has 4 nitrogen and oxygen atoms in total. The molecule has 1 aliphatic rings. The third-order valence-corrected chi connectivity index (χ3v) is 2.82. The number of aromatic nitrogens is 1. The Labute approximate surface area is 97.6 Å². The van der Waals surface area contributed by atoms with Gasteiger partial charge in [0.25, 0.3) is 0 Å². The second kappa shape index (κ2) is 4.81. The van der Waals surface area contributed by atoms with Gasteiger partial charge in [-0.3, -0.25) is 0 Å². The maximum absolute atomic E-state index is 5.93. The van der Waals surface area contributed by atoms with Crippen LogP contribution in [0.15, 0.2) is 16.7 Å². The van der Waals surface area contributed by atoms with E-state index < -0.39 is 0 Å². The Bertz CT molecular complexity index is 337. The van der Waals surface area contributed by atoms with Crippen LogP contribution in [0.4, 0.5) is 11.5 Å². The number of pyridine rings is 1. The van der Waals surface area contributed by atoms with Crippen molar-refractivity contribution in [2.24, 2.45) is 0 Å². The quantitative estimate of drug-likeness (QED) is 0.844. The van der Waals surface area contributed by atoms with Crippen molar-refractivity contribution in [3.05, 3.63) is 16.7 Å². The molecule has 5 heteroatoms. The van der Waals surface area contributed by atoms with Gasteiger partial charge in [0.1, 0.15) is 0 Å². The highest BCUT2D eigenvalue weighted by Gasteiger charge is 2.13. The zero-order valence-corrected chi connectivity index (χ0v) is 10.0. The van der Waals surface area contributed by atoms with E-state index in [9.17, 15) is 0 Å². The lowest BCUT2D eigenvalue weighted by atomic mass is 10.3. The lowest BCUT2D eigenvalue weighted by Gasteiger charge is -2.22. The molecule has 0 aliphatic carbocycles. The first-order valence-electron chi connectivity index (χ1n) is 5.01. The van der Waals surface area contributed by atoms with Crippen LogP contribution in [0.5, 0.6) is 0 Å². The van der Waals surface area contributed by atoms with Crippen molar-refractivity contribution in [3.63, 3.8) is 0 Å². The van der Waals surface area contributed by atoms with Gasteiger partial charge < -0.3 is 15.4 Å². The lowest BCUT2D eigenvalue weighted by Crippen LogP contribution is -2.27. The summed E-state index contributed by atoms with van der Waals surface area (Å²) in [5.74, 6) is 0.865. The molecule has 2 N–H and O–H groups in total. The van der Waals surface area contributed by atoms with Gasteiger partial charge in [0, 0.05) is 30.4 Å². The molecule has 0 atom stereocenters. The van der Waals surface area contributed by atoms with Gasteiger partial charge in [-0.25, -0.2) is 4.98 Å². The summed E-state index contributed by atoms with van der Waals surface area (Å²) in [5.41, 5.74) is 6.64. The minimum atomic E-state index is 0.714. The topological polar surface area (TPSA) is 51.4 Å². The van der Waals surface area contributed by atoms with Gasteiger partial charge in [0.2, 0.25) is 0 Å². The van der Waals surface area contributed by atoms with Crippen molar-refractivity contribution >= 4 is 27.4 Å². The predicted octanol–water partition coefficient (Wildman–Crippen LogP) is 1.65. The van der Waals surface area contributed by atoms with Crippen molar-refractivity contribution < 1.29 is 4.74 Å². The van der Waals surface area contributed by atoms with E-state index in [1.165, 1.54) is 0 Å². The van der Waals surface area contributed by atoms with Crippen molar-refractivity contribution in [2.45, 2.75) is 6.42 Å². The van der Waals surface area contributed by atoms with Gasteiger partial charge in [0.15, 0.2) is 5.82 Å². The first-order chi connectivity index (χ1) is 7.27. The molecule has 0 bridgehead atoms. The van der Waals surface area contributed by atoms with Crippen LogP contribution in [-0.4, -0.2) is 31.3 Å². The highest BCUT2D eigenvalue weighted by Crippen LogP contribution is 2.24. The smallest absolute Gasteiger partial charge is 0.151 e. The number of ether oxygens (including phenoxy) is 1. The summed E-state index contributed by atoms with van der Waals surface area (Å²) in [6.07, 6.45) is 2.80. The maximum Gasteiger partial charge on any atom is 0.151 e. The van der Waals surface area contributed by atoms with Gasteiger partial charge in [-0.1, -0.05) is 0 Å². The Morgan fingerprint density at radius 2 is 2.27 bits per heavy atom. The van der Waals surface area contributed by atoms with Crippen molar-refractivity contribution in [1.82, 2.24) is 4.98 Å². The van der Waals surface area contributed by atoms with Gasteiger partial charge >= 0.3 is 0 Å². The summed E-state index contributed by atoms with van der Waals surface area (Å²) in [5, 5.41) is 0. The Kier molecular flexibility index (Phi) is 3.43. The zero-order valence-electron chi connectivity index (χ0n) is 8.45. The summed E-state index contributed by atoms with van der Waals surface area (Å²) in [6, 6.07) is 1.88. The molecule has 1 saturated heterocycles. The molecule has 2 rings (SSSR count). The minimum Gasteiger partial charge on any atom is -0.396 e. The van der Waals surface area contributed by atoms with E-state index >= 15 is 0 Å². The summed E-state index contributed by atoms with van der Waals surface area (Å²) in [7, 11) is 0. The number of halogens is 1. The normalized spacial score (nSPS) is 17.5. The molecular weight excluding hydrogens is 258 g/mol. The summed E-state index contributed by atoms with van der Waals surface area (Å²) in [6.45, 7) is 3.39. The van der Waals surface area contributed by atoms with Gasteiger partial charge in [0.05, 0.1) is 12.3 Å². The predicted molar refractivity (Wildman–Crippen MR) is 64.0 cm³/mol. The average Bonchev–Trinajstić information content (AvgIpc) is 2.46. The standard InChI is InChI=1S/C10H14BrN3O/c11-8-6-9(12)10(13-7-8)14-2-1-4-15-5-3-14/h6-7H,1-5,12H2. The highest BCUT2D eigenvalue weighted by molar-refractivity contribution is 9.10. The number of nitrogen functional groups attached to an aromatic ring is 1. The average molecular weight is 272 g/mol. The van der Waals surface area contributed by atoms with Crippen molar-refractivity contribution in [1.29, 1.82) is 0 Å². The van der Waals surface area contributed by atoms with E-state index in [-0.39, 0.29) is 0 Å². The van der Waals surface area contributed by atoms with Crippen LogP contribution in [0.2, 0.25) is 0 Å². The molecular formula is C10H14BrN3O. The summed E-state index contributed by atoms with van der Waals surface area (Å²) in [4.78, 5) is 6.52. The molecule has 0 amide bonds. The van der Waals surface area contributed by atoms with Gasteiger partial charge in [-0.05, 0) is 28.4 Å². The van der Waals surface area contributed by atoms with Crippen molar-refractivity contribution in [2.75, 3.05) is 36.9 Å². The van der Waals surface area contributed by atoms with Crippen LogP contribution in [0.25, 0.3) is 0 Å². The molecule has 0 radical (unpaired) electrons. The molecule has 0 aromatic carbocycles. The second-order valence-electron chi connectivity index (χ2n) is 3.52. The van der Waals surface area contributed by atoms with E-state index in [1.54, 1.807) is 6.20 Å².